The number of nitrogens with zero attached hydrogens (tertiary/aromatic N) is 1. The molecule has 1 atom stereocenters. The van der Waals surface area contributed by atoms with Gasteiger partial charge in [-0.2, -0.15) is 0 Å². The Labute approximate surface area is 142 Å². The van der Waals surface area contributed by atoms with Crippen molar-refractivity contribution in [3.05, 3.63) is 12.7 Å². The van der Waals surface area contributed by atoms with Gasteiger partial charge in [0, 0.05) is 26.2 Å². The van der Waals surface area contributed by atoms with Crippen molar-refractivity contribution < 1.29 is 23.9 Å². The monoisotopic (exact) mass is 341 g/mol. The van der Waals surface area contributed by atoms with Gasteiger partial charge in [-0.25, -0.2) is 4.79 Å². The van der Waals surface area contributed by atoms with Crippen LogP contribution in [0.2, 0.25) is 0 Å². The fourth-order valence-corrected chi connectivity index (χ4v) is 2.05. The third kappa shape index (κ3) is 7.45. The molecular formula is C16H27N3O5. The van der Waals surface area contributed by atoms with E-state index in [-0.39, 0.29) is 25.0 Å². The zero-order chi connectivity index (χ0) is 18.2. The molecule has 0 aliphatic carbocycles. The van der Waals surface area contributed by atoms with E-state index < -0.39 is 17.6 Å². The van der Waals surface area contributed by atoms with Crippen LogP contribution in [0, 0.1) is 5.92 Å². The number of hydrogen-bond donors (Lipinski definition) is 2. The second kappa shape index (κ2) is 9.27. The van der Waals surface area contributed by atoms with E-state index in [0.29, 0.717) is 26.2 Å². The normalized spacial score (nSPS) is 18.3. The molecule has 0 bridgehead atoms. The summed E-state index contributed by atoms with van der Waals surface area (Å²) >= 11 is 0. The maximum atomic E-state index is 12.2. The molecular weight excluding hydrogens is 314 g/mol. The van der Waals surface area contributed by atoms with Gasteiger partial charge in [-0.3, -0.25) is 9.59 Å². The van der Waals surface area contributed by atoms with Crippen LogP contribution in [0.15, 0.2) is 12.7 Å². The third-order valence-electron chi connectivity index (χ3n) is 3.20. The van der Waals surface area contributed by atoms with Gasteiger partial charge in [0.25, 0.3) is 0 Å². The number of ether oxygens (including phenoxy) is 2. The smallest absolute Gasteiger partial charge is 0.410 e. The summed E-state index contributed by atoms with van der Waals surface area (Å²) in [6.45, 7) is 10.5. The van der Waals surface area contributed by atoms with Crippen molar-refractivity contribution in [2.45, 2.75) is 26.4 Å². The SMILES string of the molecule is C=CC(=O)NCCNC(=O)C1COCCN(C(=O)OC(C)(C)C)C1. The lowest BCUT2D eigenvalue weighted by Crippen LogP contribution is -2.45. The van der Waals surface area contributed by atoms with E-state index in [1.165, 1.54) is 11.0 Å². The molecule has 1 unspecified atom stereocenters. The third-order valence-corrected chi connectivity index (χ3v) is 3.20. The van der Waals surface area contributed by atoms with Crippen LogP contribution in [-0.2, 0) is 19.1 Å². The van der Waals surface area contributed by atoms with Crippen LogP contribution in [0.25, 0.3) is 0 Å². The van der Waals surface area contributed by atoms with Crippen LogP contribution in [0.4, 0.5) is 4.79 Å². The highest BCUT2D eigenvalue weighted by Crippen LogP contribution is 2.13. The van der Waals surface area contributed by atoms with Crippen LogP contribution in [-0.4, -0.2) is 67.8 Å². The van der Waals surface area contributed by atoms with Crippen molar-refractivity contribution in [1.29, 1.82) is 0 Å². The lowest BCUT2D eigenvalue weighted by molar-refractivity contribution is -0.126. The lowest BCUT2D eigenvalue weighted by atomic mass is 10.1. The molecule has 1 fully saturated rings. The Morgan fingerprint density at radius 2 is 1.96 bits per heavy atom. The Bertz CT molecular complexity index is 473. The first kappa shape index (κ1) is 20.0. The highest BCUT2D eigenvalue weighted by atomic mass is 16.6. The van der Waals surface area contributed by atoms with Gasteiger partial charge in [-0.1, -0.05) is 6.58 Å². The molecule has 24 heavy (non-hydrogen) atoms. The first-order valence-corrected chi connectivity index (χ1v) is 7.96. The Balaban J connectivity index is 2.48. The molecule has 3 amide bonds. The minimum atomic E-state index is -0.592. The van der Waals surface area contributed by atoms with Gasteiger partial charge in [0.15, 0.2) is 0 Å². The molecule has 8 heteroatoms. The number of nitrogens with one attached hydrogen (secondary N) is 2. The average Bonchev–Trinajstić information content (AvgIpc) is 2.75. The molecule has 2 N–H and O–H groups in total. The van der Waals surface area contributed by atoms with E-state index in [9.17, 15) is 14.4 Å². The molecule has 136 valence electrons. The van der Waals surface area contributed by atoms with Gasteiger partial charge in [0.2, 0.25) is 11.8 Å². The summed E-state index contributed by atoms with van der Waals surface area (Å²) in [6, 6.07) is 0. The minimum Gasteiger partial charge on any atom is -0.444 e. The van der Waals surface area contributed by atoms with Crippen molar-refractivity contribution in [2.24, 2.45) is 5.92 Å². The van der Waals surface area contributed by atoms with Gasteiger partial charge in [0.1, 0.15) is 5.60 Å². The first-order valence-electron chi connectivity index (χ1n) is 7.96. The molecule has 8 nitrogen and oxygen atoms in total. The van der Waals surface area contributed by atoms with E-state index in [0.717, 1.165) is 0 Å². The van der Waals surface area contributed by atoms with Crippen LogP contribution in [0.5, 0.6) is 0 Å². The van der Waals surface area contributed by atoms with Crippen LogP contribution in [0.3, 0.4) is 0 Å². The maximum absolute atomic E-state index is 12.2. The van der Waals surface area contributed by atoms with Crippen molar-refractivity contribution in [3.8, 4) is 0 Å². The molecule has 1 rings (SSSR count). The highest BCUT2D eigenvalue weighted by molar-refractivity contribution is 5.86. The standard InChI is InChI=1S/C16H27N3O5/c1-5-13(20)17-6-7-18-14(21)12-10-19(8-9-23-11-12)15(22)24-16(2,3)4/h5,12H,1,6-11H2,2-4H3,(H,17,20)(H,18,21). The summed E-state index contributed by atoms with van der Waals surface area (Å²) in [5.74, 6) is -0.994. The summed E-state index contributed by atoms with van der Waals surface area (Å²) in [5, 5.41) is 5.29. The molecule has 1 aliphatic rings. The Morgan fingerprint density at radius 1 is 1.29 bits per heavy atom. The number of rotatable bonds is 5. The van der Waals surface area contributed by atoms with E-state index in [4.69, 9.17) is 9.47 Å². The number of amides is 3. The molecule has 0 aromatic heterocycles. The zero-order valence-corrected chi connectivity index (χ0v) is 14.6. The topological polar surface area (TPSA) is 97.0 Å². The summed E-state index contributed by atoms with van der Waals surface area (Å²) < 4.78 is 10.7. The van der Waals surface area contributed by atoms with Gasteiger partial charge < -0.3 is 25.0 Å². The van der Waals surface area contributed by atoms with E-state index in [2.05, 4.69) is 17.2 Å². The van der Waals surface area contributed by atoms with E-state index in [1.54, 1.807) is 20.8 Å². The second-order valence-corrected chi connectivity index (χ2v) is 6.48. The Kier molecular flexibility index (Phi) is 7.70. The van der Waals surface area contributed by atoms with Crippen LogP contribution in [0.1, 0.15) is 20.8 Å². The summed E-state index contributed by atoms with van der Waals surface area (Å²) in [6.07, 6.45) is 0.712. The highest BCUT2D eigenvalue weighted by Gasteiger charge is 2.29. The van der Waals surface area contributed by atoms with Gasteiger partial charge in [-0.05, 0) is 26.8 Å². The second-order valence-electron chi connectivity index (χ2n) is 6.48. The number of carbonyl (C=O) groups excluding carboxylic acids is 3. The predicted molar refractivity (Wildman–Crippen MR) is 88.3 cm³/mol. The average molecular weight is 341 g/mol. The number of carbonyl (C=O) groups is 3. The molecule has 0 aromatic rings. The van der Waals surface area contributed by atoms with Crippen molar-refractivity contribution in [1.82, 2.24) is 15.5 Å². The van der Waals surface area contributed by atoms with E-state index in [1.807, 2.05) is 0 Å². The first-order chi connectivity index (χ1) is 11.2. The molecule has 1 heterocycles. The lowest BCUT2D eigenvalue weighted by Gasteiger charge is -2.27. The maximum Gasteiger partial charge on any atom is 0.410 e. The van der Waals surface area contributed by atoms with Crippen LogP contribution >= 0.6 is 0 Å². The van der Waals surface area contributed by atoms with Gasteiger partial charge in [-0.15, -0.1) is 0 Å². The van der Waals surface area contributed by atoms with Crippen molar-refractivity contribution in [3.63, 3.8) is 0 Å². The molecule has 0 spiro atoms. The minimum absolute atomic E-state index is 0.224. The van der Waals surface area contributed by atoms with Crippen LogP contribution < -0.4 is 10.6 Å². The Morgan fingerprint density at radius 3 is 2.58 bits per heavy atom. The molecule has 0 radical (unpaired) electrons. The van der Waals surface area contributed by atoms with Crippen molar-refractivity contribution >= 4 is 17.9 Å². The van der Waals surface area contributed by atoms with Gasteiger partial charge in [0.05, 0.1) is 19.1 Å². The van der Waals surface area contributed by atoms with E-state index >= 15 is 0 Å². The Hall–Kier alpha value is -2.09. The molecule has 0 saturated carbocycles. The van der Waals surface area contributed by atoms with Gasteiger partial charge >= 0.3 is 6.09 Å². The fourth-order valence-electron chi connectivity index (χ4n) is 2.05. The summed E-state index contributed by atoms with van der Waals surface area (Å²) in [5.41, 5.74) is -0.592. The fraction of sp³-hybridized carbons (Fsp3) is 0.688. The summed E-state index contributed by atoms with van der Waals surface area (Å²) in [7, 11) is 0. The quantitative estimate of drug-likeness (QED) is 0.553. The van der Waals surface area contributed by atoms with Crippen molar-refractivity contribution in [2.75, 3.05) is 39.4 Å². The zero-order valence-electron chi connectivity index (χ0n) is 14.6. The summed E-state index contributed by atoms with van der Waals surface area (Å²) in [4.78, 5) is 36.9. The number of hydrogen-bond acceptors (Lipinski definition) is 5. The molecule has 1 saturated heterocycles. The molecule has 1 aliphatic heterocycles. The molecule has 0 aromatic carbocycles. The largest absolute Gasteiger partial charge is 0.444 e. The predicted octanol–water partition coefficient (Wildman–Crippen LogP) is 0.288.